The van der Waals surface area contributed by atoms with Gasteiger partial charge in [-0.05, 0) is 19.4 Å². The first-order chi connectivity index (χ1) is 6.50. The fourth-order valence-electron chi connectivity index (χ4n) is 1.31. The lowest BCUT2D eigenvalue weighted by molar-refractivity contribution is -0.149. The molecule has 0 aliphatic rings. The zero-order valence-electron chi connectivity index (χ0n) is 9.96. The van der Waals surface area contributed by atoms with E-state index in [0.717, 1.165) is 6.54 Å². The largest absolute Gasteiger partial charge is 0.354 e. The van der Waals surface area contributed by atoms with E-state index in [0.29, 0.717) is 12.5 Å². The van der Waals surface area contributed by atoms with Gasteiger partial charge >= 0.3 is 0 Å². The van der Waals surface area contributed by atoms with Gasteiger partial charge in [-0.15, -0.1) is 0 Å². The maximum absolute atomic E-state index is 5.72. The van der Waals surface area contributed by atoms with Gasteiger partial charge in [0.2, 0.25) is 0 Å². The molecular formula is C10H24N2O2. The van der Waals surface area contributed by atoms with Gasteiger partial charge in [0, 0.05) is 20.8 Å². The van der Waals surface area contributed by atoms with E-state index in [4.69, 9.17) is 15.2 Å². The van der Waals surface area contributed by atoms with Crippen LogP contribution in [0.1, 0.15) is 20.8 Å². The van der Waals surface area contributed by atoms with Crippen LogP contribution in [-0.4, -0.2) is 39.1 Å². The van der Waals surface area contributed by atoms with Crippen LogP contribution in [0.5, 0.6) is 0 Å². The monoisotopic (exact) mass is 204 g/mol. The maximum atomic E-state index is 5.72. The first kappa shape index (κ1) is 13.8. The van der Waals surface area contributed by atoms with Gasteiger partial charge in [0.15, 0.2) is 6.29 Å². The predicted octanol–water partition coefficient (Wildman–Crippen LogP) is 0.568. The second-order valence-electron chi connectivity index (χ2n) is 4.20. The first-order valence-electron chi connectivity index (χ1n) is 5.00. The summed E-state index contributed by atoms with van der Waals surface area (Å²) in [4.78, 5) is 0. The Morgan fingerprint density at radius 2 is 1.79 bits per heavy atom. The highest BCUT2D eigenvalue weighted by Crippen LogP contribution is 2.12. The molecule has 0 aromatic carbocycles. The van der Waals surface area contributed by atoms with Crippen LogP contribution in [-0.2, 0) is 9.47 Å². The fraction of sp³-hybridized carbons (Fsp3) is 1.00. The summed E-state index contributed by atoms with van der Waals surface area (Å²) in [6, 6.07) is 0. The highest BCUT2D eigenvalue weighted by molar-refractivity contribution is 4.88. The lowest BCUT2D eigenvalue weighted by atomic mass is 10.0. The van der Waals surface area contributed by atoms with Crippen molar-refractivity contribution in [2.24, 2.45) is 11.7 Å². The number of nitrogens with one attached hydrogen (secondary N) is 1. The molecule has 0 radical (unpaired) electrons. The summed E-state index contributed by atoms with van der Waals surface area (Å²) in [5.74, 6) is 0.579. The molecule has 0 fully saturated rings. The Bertz CT molecular complexity index is 149. The average molecular weight is 204 g/mol. The summed E-state index contributed by atoms with van der Waals surface area (Å²) >= 11 is 0. The van der Waals surface area contributed by atoms with Crippen LogP contribution < -0.4 is 11.1 Å². The van der Waals surface area contributed by atoms with Crippen LogP contribution in [0, 0.1) is 5.92 Å². The third kappa shape index (κ3) is 3.92. The lowest BCUT2D eigenvalue weighted by Gasteiger charge is -2.36. The van der Waals surface area contributed by atoms with Gasteiger partial charge in [-0.3, -0.25) is 0 Å². The Morgan fingerprint density at radius 1 is 1.29 bits per heavy atom. The van der Waals surface area contributed by atoms with Gasteiger partial charge < -0.3 is 20.5 Å². The minimum absolute atomic E-state index is 0.314. The Kier molecular flexibility index (Phi) is 6.27. The lowest BCUT2D eigenvalue weighted by Crippen LogP contribution is -2.59. The molecule has 3 N–H and O–H groups in total. The highest BCUT2D eigenvalue weighted by atomic mass is 16.7. The van der Waals surface area contributed by atoms with Crippen LogP contribution in [0.25, 0.3) is 0 Å². The van der Waals surface area contributed by atoms with Crippen molar-refractivity contribution in [2.75, 3.05) is 27.3 Å². The van der Waals surface area contributed by atoms with Crippen LogP contribution in [0.3, 0.4) is 0 Å². The maximum Gasteiger partial charge on any atom is 0.175 e. The van der Waals surface area contributed by atoms with Gasteiger partial charge in [0.05, 0.1) is 5.54 Å². The molecule has 4 nitrogen and oxygen atoms in total. The molecule has 0 spiro atoms. The quantitative estimate of drug-likeness (QED) is 0.595. The minimum Gasteiger partial charge on any atom is -0.354 e. The molecule has 0 heterocycles. The number of hydrogen-bond donors (Lipinski definition) is 2. The summed E-state index contributed by atoms with van der Waals surface area (Å²) in [5, 5.41) is 3.37. The number of ether oxygens (including phenoxy) is 2. The molecule has 1 unspecified atom stereocenters. The summed E-state index contributed by atoms with van der Waals surface area (Å²) in [5.41, 5.74) is 5.40. The van der Waals surface area contributed by atoms with Crippen molar-refractivity contribution < 1.29 is 9.47 Å². The number of methoxy groups -OCH3 is 2. The summed E-state index contributed by atoms with van der Waals surface area (Å²) < 4.78 is 10.4. The van der Waals surface area contributed by atoms with Crippen LogP contribution in [0.2, 0.25) is 0 Å². The molecule has 0 saturated heterocycles. The molecule has 0 amide bonds. The number of hydrogen-bond acceptors (Lipinski definition) is 4. The van der Waals surface area contributed by atoms with E-state index in [9.17, 15) is 0 Å². The predicted molar refractivity (Wildman–Crippen MR) is 58.1 cm³/mol. The van der Waals surface area contributed by atoms with Gasteiger partial charge in [0.1, 0.15) is 0 Å². The van der Waals surface area contributed by atoms with E-state index >= 15 is 0 Å². The van der Waals surface area contributed by atoms with Crippen LogP contribution >= 0.6 is 0 Å². The molecule has 1 atom stereocenters. The van der Waals surface area contributed by atoms with E-state index in [-0.39, 0.29) is 11.8 Å². The van der Waals surface area contributed by atoms with Crippen molar-refractivity contribution in [1.29, 1.82) is 0 Å². The van der Waals surface area contributed by atoms with E-state index in [1.807, 2.05) is 6.92 Å². The zero-order chi connectivity index (χ0) is 11.2. The molecule has 0 aromatic rings. The van der Waals surface area contributed by atoms with Crippen molar-refractivity contribution in [2.45, 2.75) is 32.6 Å². The number of rotatable bonds is 7. The highest BCUT2D eigenvalue weighted by Gasteiger charge is 2.32. The zero-order valence-corrected chi connectivity index (χ0v) is 9.96. The van der Waals surface area contributed by atoms with Gasteiger partial charge in [-0.1, -0.05) is 13.8 Å². The summed E-state index contributed by atoms with van der Waals surface area (Å²) in [6.45, 7) is 7.69. The van der Waals surface area contributed by atoms with E-state index < -0.39 is 0 Å². The van der Waals surface area contributed by atoms with E-state index in [1.54, 1.807) is 14.2 Å². The van der Waals surface area contributed by atoms with Crippen molar-refractivity contribution in [3.63, 3.8) is 0 Å². The van der Waals surface area contributed by atoms with E-state index in [2.05, 4.69) is 19.2 Å². The van der Waals surface area contributed by atoms with E-state index in [1.165, 1.54) is 0 Å². The Morgan fingerprint density at radius 3 is 2.07 bits per heavy atom. The van der Waals surface area contributed by atoms with Gasteiger partial charge in [0.25, 0.3) is 0 Å². The molecule has 0 aliphatic carbocycles. The van der Waals surface area contributed by atoms with Gasteiger partial charge in [-0.25, -0.2) is 0 Å². The molecule has 0 aromatic heterocycles. The van der Waals surface area contributed by atoms with Gasteiger partial charge in [-0.2, -0.15) is 0 Å². The fourth-order valence-corrected chi connectivity index (χ4v) is 1.31. The summed E-state index contributed by atoms with van der Waals surface area (Å²) in [6.07, 6.45) is -0.314. The second-order valence-corrected chi connectivity index (χ2v) is 4.20. The average Bonchev–Trinajstić information content (AvgIpc) is 2.16. The van der Waals surface area contributed by atoms with Crippen molar-refractivity contribution in [1.82, 2.24) is 5.32 Å². The molecule has 0 aliphatic heterocycles. The molecule has 4 heteroatoms. The Balaban J connectivity index is 4.28. The topological polar surface area (TPSA) is 56.5 Å². The normalized spacial score (nSPS) is 16.3. The van der Waals surface area contributed by atoms with Crippen molar-refractivity contribution in [3.05, 3.63) is 0 Å². The third-order valence-electron chi connectivity index (χ3n) is 2.29. The molecule has 14 heavy (non-hydrogen) atoms. The molecular weight excluding hydrogens is 180 g/mol. The number of nitrogens with two attached hydrogens (primary N) is 1. The third-order valence-corrected chi connectivity index (χ3v) is 2.29. The Labute approximate surface area is 87.1 Å². The SMILES string of the molecule is COC(OC)C(C)(CN)NCC(C)C. The smallest absolute Gasteiger partial charge is 0.175 e. The molecule has 0 saturated carbocycles. The van der Waals surface area contributed by atoms with Crippen molar-refractivity contribution in [3.8, 4) is 0 Å². The summed E-state index contributed by atoms with van der Waals surface area (Å²) in [7, 11) is 3.25. The molecule has 86 valence electrons. The van der Waals surface area contributed by atoms with Crippen molar-refractivity contribution >= 4 is 0 Å². The van der Waals surface area contributed by atoms with Crippen LogP contribution in [0.15, 0.2) is 0 Å². The molecule has 0 rings (SSSR count). The van der Waals surface area contributed by atoms with Crippen LogP contribution in [0.4, 0.5) is 0 Å². The molecule has 0 bridgehead atoms. The second kappa shape index (κ2) is 6.35. The Hall–Kier alpha value is -0.160. The standard InChI is InChI=1S/C10H24N2O2/c1-8(2)6-12-10(3,7-11)9(13-4)14-5/h8-9,12H,6-7,11H2,1-5H3. The first-order valence-corrected chi connectivity index (χ1v) is 5.00. The minimum atomic E-state index is -0.326.